The molecule has 2 unspecified atom stereocenters. The number of rotatable bonds is 5. The number of anilines is 1. The van der Waals surface area contributed by atoms with E-state index >= 15 is 0 Å². The number of carbonyl (C=O) groups is 1. The summed E-state index contributed by atoms with van der Waals surface area (Å²) in [6.45, 7) is 19.7. The second-order valence-corrected chi connectivity index (χ2v) is 10.8. The number of thiazole rings is 1. The minimum absolute atomic E-state index is 0.0301. The molecule has 0 spiro atoms. The van der Waals surface area contributed by atoms with Crippen LogP contribution in [0.4, 0.5) is 5.13 Å². The molecule has 0 aliphatic carbocycles. The van der Waals surface area contributed by atoms with Crippen molar-refractivity contribution in [2.75, 3.05) is 18.4 Å². The molecule has 0 bridgehead atoms. The number of nitrogens with one attached hydrogen (secondary N) is 1. The standard InChI is InChI=1S/C17H25N4O2PS2.2C2H6/c1-9-11(3)23-15(18-9)17(4,5)26-14-10(2)19-16(25-14)20-13(22)12-6-7-21(24)8-12;2*1-2/h12H,6-8,24H2,1-5H3,(H,19,20,22);2*1-2H3. The van der Waals surface area contributed by atoms with Crippen molar-refractivity contribution in [1.82, 2.24) is 14.6 Å². The van der Waals surface area contributed by atoms with Crippen molar-refractivity contribution in [2.24, 2.45) is 5.92 Å². The molecule has 1 fully saturated rings. The molecular weight excluding hydrogens is 435 g/mol. The number of carbonyl (C=O) groups excluding carboxylic acids is 1. The first-order valence-corrected chi connectivity index (χ1v) is 12.7. The molecule has 3 heterocycles. The van der Waals surface area contributed by atoms with E-state index < -0.39 is 0 Å². The van der Waals surface area contributed by atoms with Crippen molar-refractivity contribution in [2.45, 2.75) is 77.7 Å². The number of aryl methyl sites for hydroxylation is 3. The van der Waals surface area contributed by atoms with Gasteiger partial charge in [-0.1, -0.05) is 60.2 Å². The van der Waals surface area contributed by atoms with Crippen molar-refractivity contribution in [3.8, 4) is 0 Å². The van der Waals surface area contributed by atoms with Gasteiger partial charge in [-0.25, -0.2) is 9.97 Å². The second-order valence-electron chi connectivity index (χ2n) is 7.13. The molecule has 1 saturated heterocycles. The first-order chi connectivity index (χ1) is 14.2. The Hall–Kier alpha value is -0.950. The van der Waals surface area contributed by atoms with E-state index in [2.05, 4.69) is 43.2 Å². The zero-order valence-electron chi connectivity index (χ0n) is 19.8. The van der Waals surface area contributed by atoms with Crippen LogP contribution in [0.1, 0.15) is 71.0 Å². The molecule has 1 N–H and O–H groups in total. The van der Waals surface area contributed by atoms with Gasteiger partial charge < -0.3 is 9.73 Å². The van der Waals surface area contributed by atoms with Crippen molar-refractivity contribution in [3.05, 3.63) is 23.0 Å². The number of nitrogens with zero attached hydrogens (tertiary/aromatic N) is 3. The lowest BCUT2D eigenvalue weighted by Crippen LogP contribution is -2.24. The van der Waals surface area contributed by atoms with Crippen LogP contribution < -0.4 is 5.32 Å². The third kappa shape index (κ3) is 7.04. The highest BCUT2D eigenvalue weighted by Gasteiger charge is 2.31. The van der Waals surface area contributed by atoms with Crippen LogP contribution in [0, 0.1) is 26.7 Å². The summed E-state index contributed by atoms with van der Waals surface area (Å²) in [7, 11) is 2.66. The third-order valence-electron chi connectivity index (χ3n) is 4.47. The maximum absolute atomic E-state index is 12.4. The highest BCUT2D eigenvalue weighted by Crippen LogP contribution is 2.45. The average molecular weight is 473 g/mol. The average Bonchev–Trinajstić information content (AvgIpc) is 3.39. The summed E-state index contributed by atoms with van der Waals surface area (Å²) in [5, 5.41) is 3.64. The van der Waals surface area contributed by atoms with Crippen LogP contribution >= 0.6 is 32.5 Å². The Morgan fingerprint density at radius 2 is 1.83 bits per heavy atom. The number of oxazole rings is 1. The highest BCUT2D eigenvalue weighted by molar-refractivity contribution is 8.02. The van der Waals surface area contributed by atoms with Crippen LogP contribution in [0.2, 0.25) is 0 Å². The zero-order valence-corrected chi connectivity index (χ0v) is 22.5. The monoisotopic (exact) mass is 472 g/mol. The molecule has 1 aliphatic heterocycles. The Kier molecular flexibility index (Phi) is 11.0. The van der Waals surface area contributed by atoms with Crippen LogP contribution in [0.3, 0.4) is 0 Å². The Morgan fingerprint density at radius 3 is 2.33 bits per heavy atom. The van der Waals surface area contributed by atoms with E-state index in [4.69, 9.17) is 4.42 Å². The number of hydrogen-bond acceptors (Lipinski definition) is 7. The second kappa shape index (κ2) is 12.2. The lowest BCUT2D eigenvalue weighted by Gasteiger charge is -2.19. The number of aromatic nitrogens is 2. The fourth-order valence-electron chi connectivity index (χ4n) is 2.75. The molecule has 6 nitrogen and oxygen atoms in total. The van der Waals surface area contributed by atoms with Crippen LogP contribution in [0.15, 0.2) is 8.63 Å². The molecule has 1 amide bonds. The first-order valence-electron chi connectivity index (χ1n) is 10.6. The molecule has 2 aromatic heterocycles. The summed E-state index contributed by atoms with van der Waals surface area (Å²) in [5.41, 5.74) is 1.84. The molecule has 0 radical (unpaired) electrons. The molecule has 30 heavy (non-hydrogen) atoms. The summed E-state index contributed by atoms with van der Waals surface area (Å²) in [6, 6.07) is 0. The number of amides is 1. The number of hydrogen-bond donors (Lipinski definition) is 1. The molecule has 170 valence electrons. The Bertz CT molecular complexity index is 801. The summed E-state index contributed by atoms with van der Waals surface area (Å²) in [5.74, 6) is 1.64. The molecule has 2 aromatic rings. The van der Waals surface area contributed by atoms with Crippen LogP contribution in [0.5, 0.6) is 0 Å². The lowest BCUT2D eigenvalue weighted by molar-refractivity contribution is -0.119. The van der Waals surface area contributed by atoms with Gasteiger partial charge in [-0.05, 0) is 41.0 Å². The maximum Gasteiger partial charge on any atom is 0.230 e. The van der Waals surface area contributed by atoms with Gasteiger partial charge in [0.1, 0.15) is 5.76 Å². The van der Waals surface area contributed by atoms with Crippen molar-refractivity contribution in [3.63, 3.8) is 0 Å². The fourth-order valence-corrected chi connectivity index (χ4v) is 5.71. The van der Waals surface area contributed by atoms with Gasteiger partial charge in [0, 0.05) is 13.1 Å². The fraction of sp³-hybridized carbons (Fsp3) is 0.667. The van der Waals surface area contributed by atoms with Crippen LogP contribution in [-0.2, 0) is 9.54 Å². The lowest BCUT2D eigenvalue weighted by atomic mass is 10.1. The predicted molar refractivity (Wildman–Crippen MR) is 132 cm³/mol. The van der Waals surface area contributed by atoms with Gasteiger partial charge in [0.05, 0.1) is 26.3 Å². The normalized spacial score (nSPS) is 16.4. The van der Waals surface area contributed by atoms with E-state index in [0.29, 0.717) is 11.0 Å². The summed E-state index contributed by atoms with van der Waals surface area (Å²) < 4.78 is 8.67. The van der Waals surface area contributed by atoms with Gasteiger partial charge in [0.25, 0.3) is 0 Å². The smallest absolute Gasteiger partial charge is 0.230 e. The van der Waals surface area contributed by atoms with Gasteiger partial charge in [-0.2, -0.15) is 0 Å². The van der Waals surface area contributed by atoms with Crippen molar-refractivity contribution < 1.29 is 9.21 Å². The van der Waals surface area contributed by atoms with E-state index in [1.807, 2.05) is 48.5 Å². The summed E-state index contributed by atoms with van der Waals surface area (Å²) in [4.78, 5) is 21.5. The van der Waals surface area contributed by atoms with Gasteiger partial charge in [-0.15, -0.1) is 0 Å². The van der Waals surface area contributed by atoms with Crippen LogP contribution in [-0.4, -0.2) is 33.6 Å². The van der Waals surface area contributed by atoms with Crippen molar-refractivity contribution >= 4 is 43.5 Å². The quantitative estimate of drug-likeness (QED) is 0.413. The Labute approximate surface area is 192 Å². The first kappa shape index (κ1) is 27.1. The Balaban J connectivity index is 0.00000106. The van der Waals surface area contributed by atoms with Gasteiger partial charge in [-0.3, -0.25) is 9.46 Å². The molecular formula is C21H37N4O2PS2. The predicted octanol–water partition coefficient (Wildman–Crippen LogP) is 6.19. The maximum atomic E-state index is 12.4. The van der Waals surface area contributed by atoms with Gasteiger partial charge >= 0.3 is 0 Å². The van der Waals surface area contributed by atoms with E-state index in [1.165, 1.54) is 11.3 Å². The van der Waals surface area contributed by atoms with Gasteiger partial charge in [0.2, 0.25) is 11.8 Å². The highest BCUT2D eigenvalue weighted by atomic mass is 32.2. The van der Waals surface area contributed by atoms with E-state index in [-0.39, 0.29) is 16.6 Å². The SMILES string of the molecule is CC.CC.Cc1nc(C(C)(C)Sc2sc(NC(=O)C3CCN(P)C3)nc2C)oc1C. The minimum atomic E-state index is -0.316. The molecule has 0 aromatic carbocycles. The minimum Gasteiger partial charge on any atom is -0.444 e. The largest absolute Gasteiger partial charge is 0.444 e. The molecule has 0 saturated carbocycles. The molecule has 1 aliphatic rings. The molecule has 2 atom stereocenters. The Morgan fingerprint density at radius 1 is 1.20 bits per heavy atom. The molecule has 3 rings (SSSR count). The summed E-state index contributed by atoms with van der Waals surface area (Å²) >= 11 is 3.18. The van der Waals surface area contributed by atoms with E-state index in [1.54, 1.807) is 11.8 Å². The molecule has 9 heteroatoms. The van der Waals surface area contributed by atoms with E-state index in [9.17, 15) is 4.79 Å². The number of thioether (sulfide) groups is 1. The topological polar surface area (TPSA) is 71.3 Å². The summed E-state index contributed by atoms with van der Waals surface area (Å²) in [6.07, 6.45) is 0.886. The van der Waals surface area contributed by atoms with Crippen molar-refractivity contribution in [1.29, 1.82) is 0 Å². The van der Waals surface area contributed by atoms with Crippen LogP contribution in [0.25, 0.3) is 0 Å². The van der Waals surface area contributed by atoms with Gasteiger partial charge in [0.15, 0.2) is 5.13 Å². The third-order valence-corrected chi connectivity index (χ3v) is 7.47. The van der Waals surface area contributed by atoms with E-state index in [0.717, 1.165) is 40.9 Å². The zero-order chi connectivity index (χ0) is 23.1.